The van der Waals surface area contributed by atoms with E-state index in [0.717, 1.165) is 37.9 Å². The highest BCUT2D eigenvalue weighted by atomic mass is 35.5. The van der Waals surface area contributed by atoms with Crippen molar-refractivity contribution >= 4 is 21.6 Å². The Bertz CT molecular complexity index is 672. The number of hydrogen-bond donors (Lipinski definition) is 2. The van der Waals surface area contributed by atoms with Crippen LogP contribution >= 0.6 is 11.6 Å². The number of sulfonamides is 1. The van der Waals surface area contributed by atoms with E-state index < -0.39 is 10.0 Å². The molecule has 1 aromatic carbocycles. The Morgan fingerprint density at radius 1 is 1.43 bits per heavy atom. The van der Waals surface area contributed by atoms with Gasteiger partial charge in [-0.1, -0.05) is 11.6 Å². The molecule has 2 aliphatic heterocycles. The van der Waals surface area contributed by atoms with Crippen LogP contribution in [0.3, 0.4) is 0 Å². The molecule has 0 aromatic heterocycles. The fraction of sp³-hybridized carbons (Fsp3) is 0.625. The van der Waals surface area contributed by atoms with Crippen LogP contribution in [-0.2, 0) is 16.4 Å². The van der Waals surface area contributed by atoms with Gasteiger partial charge in [0.25, 0.3) is 0 Å². The fourth-order valence-corrected chi connectivity index (χ4v) is 4.74. The molecule has 7 heteroatoms. The van der Waals surface area contributed by atoms with Gasteiger partial charge in [-0.05, 0) is 57.3 Å². The Morgan fingerprint density at radius 3 is 3.00 bits per heavy atom. The van der Waals surface area contributed by atoms with Gasteiger partial charge in [-0.25, -0.2) is 13.1 Å². The van der Waals surface area contributed by atoms with Crippen molar-refractivity contribution in [3.63, 3.8) is 0 Å². The average Bonchev–Trinajstić information content (AvgIpc) is 2.89. The van der Waals surface area contributed by atoms with Gasteiger partial charge in [-0.3, -0.25) is 0 Å². The molecule has 0 radical (unpaired) electrons. The Hall–Kier alpha value is -0.820. The second-order valence-electron chi connectivity index (χ2n) is 6.42. The van der Waals surface area contributed by atoms with Gasteiger partial charge >= 0.3 is 0 Å². The summed E-state index contributed by atoms with van der Waals surface area (Å²) in [6.07, 6.45) is 3.90. The number of piperidine rings is 1. The molecular weight excluding hydrogens is 336 g/mol. The first kappa shape index (κ1) is 17.0. The Labute approximate surface area is 142 Å². The first-order valence-electron chi connectivity index (χ1n) is 8.15. The fourth-order valence-electron chi connectivity index (χ4n) is 3.27. The number of nitrogens with one attached hydrogen (secondary N) is 2. The van der Waals surface area contributed by atoms with Crippen molar-refractivity contribution in [3.8, 4) is 5.75 Å². The van der Waals surface area contributed by atoms with Crippen molar-refractivity contribution in [2.24, 2.45) is 5.92 Å². The minimum Gasteiger partial charge on any atom is -0.489 e. The van der Waals surface area contributed by atoms with Gasteiger partial charge in [0.2, 0.25) is 10.0 Å². The maximum absolute atomic E-state index is 12.5. The van der Waals surface area contributed by atoms with Crippen molar-refractivity contribution in [2.75, 3.05) is 19.6 Å². The van der Waals surface area contributed by atoms with E-state index in [2.05, 4.69) is 10.0 Å². The van der Waals surface area contributed by atoms with Crippen LogP contribution in [0.25, 0.3) is 0 Å². The smallest absolute Gasteiger partial charge is 0.240 e. The van der Waals surface area contributed by atoms with Crippen LogP contribution in [0, 0.1) is 5.92 Å². The highest BCUT2D eigenvalue weighted by Crippen LogP contribution is 2.37. The summed E-state index contributed by atoms with van der Waals surface area (Å²) in [5.41, 5.74) is 0.863. The summed E-state index contributed by atoms with van der Waals surface area (Å²) in [4.78, 5) is 0.223. The van der Waals surface area contributed by atoms with Crippen molar-refractivity contribution < 1.29 is 13.2 Å². The maximum Gasteiger partial charge on any atom is 0.240 e. The number of ether oxygens (including phenoxy) is 1. The maximum atomic E-state index is 12.5. The van der Waals surface area contributed by atoms with Gasteiger partial charge < -0.3 is 10.1 Å². The normalized spacial score (nSPS) is 24.3. The van der Waals surface area contributed by atoms with E-state index >= 15 is 0 Å². The van der Waals surface area contributed by atoms with Crippen molar-refractivity contribution in [1.82, 2.24) is 10.0 Å². The summed E-state index contributed by atoms with van der Waals surface area (Å²) in [5.74, 6) is 1.16. The second-order valence-corrected chi connectivity index (χ2v) is 8.60. The van der Waals surface area contributed by atoms with Gasteiger partial charge in [0.15, 0.2) is 0 Å². The van der Waals surface area contributed by atoms with E-state index in [1.807, 2.05) is 6.92 Å². The van der Waals surface area contributed by atoms with Gasteiger partial charge in [0.1, 0.15) is 11.9 Å². The lowest BCUT2D eigenvalue weighted by molar-refractivity contribution is 0.255. The Balaban J connectivity index is 1.65. The molecule has 1 fully saturated rings. The topological polar surface area (TPSA) is 67.4 Å². The van der Waals surface area contributed by atoms with E-state index in [1.54, 1.807) is 6.07 Å². The second kappa shape index (κ2) is 6.97. The van der Waals surface area contributed by atoms with E-state index in [-0.39, 0.29) is 11.0 Å². The van der Waals surface area contributed by atoms with E-state index in [0.29, 0.717) is 29.7 Å². The molecule has 128 valence electrons. The van der Waals surface area contributed by atoms with Crippen LogP contribution in [0.4, 0.5) is 0 Å². The van der Waals surface area contributed by atoms with Crippen molar-refractivity contribution in [2.45, 2.75) is 43.6 Å². The third-order valence-corrected chi connectivity index (χ3v) is 6.20. The standard InChI is InChI=1S/C16H23ClN2O3S/c1-11-7-13-8-14(9-15(17)16(13)22-11)23(20,21)19-6-4-12-3-2-5-18-10-12/h8-9,11-12,18-19H,2-7,10H2,1H3. The van der Waals surface area contributed by atoms with Gasteiger partial charge in [0, 0.05) is 18.5 Å². The molecule has 0 bridgehead atoms. The number of hydrogen-bond acceptors (Lipinski definition) is 4. The van der Waals surface area contributed by atoms with E-state index in [9.17, 15) is 8.42 Å². The molecule has 0 amide bonds. The summed E-state index contributed by atoms with van der Waals surface area (Å²) in [6.45, 7) is 4.44. The number of fused-ring (bicyclic) bond motifs is 1. The molecule has 2 aliphatic rings. The molecule has 0 spiro atoms. The average molecular weight is 359 g/mol. The zero-order valence-corrected chi connectivity index (χ0v) is 14.8. The monoisotopic (exact) mass is 358 g/mol. The highest BCUT2D eigenvalue weighted by Gasteiger charge is 2.26. The van der Waals surface area contributed by atoms with Crippen LogP contribution in [0.2, 0.25) is 5.02 Å². The molecule has 2 N–H and O–H groups in total. The molecule has 23 heavy (non-hydrogen) atoms. The molecule has 5 nitrogen and oxygen atoms in total. The predicted octanol–water partition coefficient (Wildman–Crippen LogP) is 2.33. The summed E-state index contributed by atoms with van der Waals surface area (Å²) in [6, 6.07) is 3.15. The molecule has 1 saturated heterocycles. The SMILES string of the molecule is CC1Cc2cc(S(=O)(=O)NCCC3CCCNC3)cc(Cl)c2O1. The zero-order chi connectivity index (χ0) is 16.4. The first-order valence-corrected chi connectivity index (χ1v) is 10.0. The van der Waals surface area contributed by atoms with E-state index in [1.165, 1.54) is 6.07 Å². The molecule has 3 rings (SSSR count). The minimum atomic E-state index is -3.53. The zero-order valence-electron chi connectivity index (χ0n) is 13.3. The molecule has 0 aliphatic carbocycles. The third kappa shape index (κ3) is 3.99. The summed E-state index contributed by atoms with van der Waals surface area (Å²) in [5, 5.41) is 3.71. The Kier molecular flexibility index (Phi) is 5.16. The predicted molar refractivity (Wildman–Crippen MR) is 90.6 cm³/mol. The van der Waals surface area contributed by atoms with Crippen LogP contribution < -0.4 is 14.8 Å². The summed E-state index contributed by atoms with van der Waals surface area (Å²) < 4.78 is 33.3. The molecule has 1 aromatic rings. The largest absolute Gasteiger partial charge is 0.489 e. The van der Waals surface area contributed by atoms with Crippen LogP contribution in [0.15, 0.2) is 17.0 Å². The lowest BCUT2D eigenvalue weighted by Gasteiger charge is -2.22. The van der Waals surface area contributed by atoms with Crippen LogP contribution in [0.5, 0.6) is 5.75 Å². The number of benzene rings is 1. The van der Waals surface area contributed by atoms with Gasteiger partial charge in [-0.15, -0.1) is 0 Å². The Morgan fingerprint density at radius 2 is 2.26 bits per heavy atom. The molecule has 2 heterocycles. The lowest BCUT2D eigenvalue weighted by Crippen LogP contribution is -2.33. The number of halogens is 1. The third-order valence-electron chi connectivity index (χ3n) is 4.47. The molecule has 2 unspecified atom stereocenters. The highest BCUT2D eigenvalue weighted by molar-refractivity contribution is 7.89. The molecule has 2 atom stereocenters. The lowest BCUT2D eigenvalue weighted by atomic mass is 9.96. The first-order chi connectivity index (χ1) is 11.0. The van der Waals surface area contributed by atoms with E-state index in [4.69, 9.17) is 16.3 Å². The van der Waals surface area contributed by atoms with Crippen molar-refractivity contribution in [3.05, 3.63) is 22.7 Å². The molecule has 0 saturated carbocycles. The quantitative estimate of drug-likeness (QED) is 0.847. The van der Waals surface area contributed by atoms with Crippen LogP contribution in [-0.4, -0.2) is 34.2 Å². The van der Waals surface area contributed by atoms with Crippen molar-refractivity contribution in [1.29, 1.82) is 0 Å². The molecular formula is C16H23ClN2O3S. The number of rotatable bonds is 5. The van der Waals surface area contributed by atoms with Crippen LogP contribution in [0.1, 0.15) is 31.7 Å². The van der Waals surface area contributed by atoms with Gasteiger partial charge in [-0.2, -0.15) is 0 Å². The summed E-state index contributed by atoms with van der Waals surface area (Å²) >= 11 is 6.18. The van der Waals surface area contributed by atoms with Gasteiger partial charge in [0.05, 0.1) is 9.92 Å². The summed E-state index contributed by atoms with van der Waals surface area (Å²) in [7, 11) is -3.53. The minimum absolute atomic E-state index is 0.0345.